The van der Waals surface area contributed by atoms with Crippen LogP contribution in [0.25, 0.3) is 60.9 Å². The number of rotatable bonds is 7. The van der Waals surface area contributed by atoms with E-state index in [9.17, 15) is 0 Å². The van der Waals surface area contributed by atoms with E-state index in [-0.39, 0.29) is 0 Å². The molecule has 0 spiro atoms. The molecule has 2 heteroatoms. The van der Waals surface area contributed by atoms with Crippen LogP contribution >= 0.6 is 0 Å². The average Bonchev–Trinajstić information content (AvgIpc) is 3.53. The highest BCUT2D eigenvalue weighted by Crippen LogP contribution is 2.39. The second-order valence-corrected chi connectivity index (χ2v) is 12.6. The first-order valence-electron chi connectivity index (χ1n) is 17.1. The predicted octanol–water partition coefficient (Wildman–Crippen LogP) is 13.3. The van der Waals surface area contributed by atoms with Gasteiger partial charge in [-0.05, 0) is 100 Å². The van der Waals surface area contributed by atoms with Crippen molar-refractivity contribution in [1.29, 1.82) is 0 Å². The molecule has 0 bridgehead atoms. The number of anilines is 3. The molecule has 0 atom stereocenters. The molecule has 8 aromatic carbocycles. The molecular weight excluding hydrogens is 605 g/mol. The largest absolute Gasteiger partial charge is 0.311 e. The Morgan fingerprint density at radius 1 is 0.280 bits per heavy atom. The van der Waals surface area contributed by atoms with E-state index >= 15 is 0 Å². The molecule has 0 aliphatic carbocycles. The number of para-hydroxylation sites is 1. The Morgan fingerprint density at radius 2 is 0.660 bits per heavy atom. The van der Waals surface area contributed by atoms with Crippen LogP contribution in [0.2, 0.25) is 0 Å². The molecule has 1 aromatic heterocycles. The summed E-state index contributed by atoms with van der Waals surface area (Å²) >= 11 is 0. The van der Waals surface area contributed by atoms with Gasteiger partial charge >= 0.3 is 0 Å². The summed E-state index contributed by atoms with van der Waals surface area (Å²) in [7, 11) is 0. The second kappa shape index (κ2) is 12.8. The summed E-state index contributed by atoms with van der Waals surface area (Å²) in [5, 5.41) is 2.51. The summed E-state index contributed by atoms with van der Waals surface area (Å²) in [5.74, 6) is 0. The number of nitrogens with zero attached hydrogens (tertiary/aromatic N) is 2. The van der Waals surface area contributed by atoms with Crippen LogP contribution in [0.4, 0.5) is 17.1 Å². The van der Waals surface area contributed by atoms with E-state index in [2.05, 4.69) is 216 Å². The smallest absolute Gasteiger partial charge is 0.0541 e. The molecule has 0 aliphatic heterocycles. The minimum atomic E-state index is 1.10. The fourth-order valence-corrected chi connectivity index (χ4v) is 7.13. The first-order chi connectivity index (χ1) is 24.8. The number of fused-ring (bicyclic) bond motifs is 3. The van der Waals surface area contributed by atoms with Crippen LogP contribution in [0, 0.1) is 0 Å². The van der Waals surface area contributed by atoms with Crippen LogP contribution in [-0.2, 0) is 0 Å². The third-order valence-electron chi connectivity index (χ3n) is 9.61. The maximum Gasteiger partial charge on any atom is 0.0541 e. The molecular formula is C48H34N2. The minimum Gasteiger partial charge on any atom is -0.311 e. The number of aromatic nitrogens is 1. The highest BCUT2D eigenvalue weighted by atomic mass is 15.1. The fourth-order valence-electron chi connectivity index (χ4n) is 7.13. The molecule has 2 nitrogen and oxygen atoms in total. The standard InChI is InChI=1S/C48H34N2/c1-4-12-35(13-5-1)38-20-25-41(26-21-38)49(42-27-22-39(23-28-42)36-14-6-2-7-15-36)43-29-31-44(32-30-43)50-47-19-11-10-18-45(47)46-34-40(24-33-48(46)50)37-16-8-3-9-17-37/h1-34H. The lowest BCUT2D eigenvalue weighted by molar-refractivity contribution is 1.17. The highest BCUT2D eigenvalue weighted by Gasteiger charge is 2.16. The number of benzene rings is 8. The van der Waals surface area contributed by atoms with Crippen molar-refractivity contribution in [3.8, 4) is 39.1 Å². The van der Waals surface area contributed by atoms with Gasteiger partial charge < -0.3 is 9.47 Å². The lowest BCUT2D eigenvalue weighted by Crippen LogP contribution is -2.10. The van der Waals surface area contributed by atoms with Gasteiger partial charge in [0.25, 0.3) is 0 Å². The molecule has 0 radical (unpaired) electrons. The van der Waals surface area contributed by atoms with Gasteiger partial charge in [-0.25, -0.2) is 0 Å². The summed E-state index contributed by atoms with van der Waals surface area (Å²) in [6.07, 6.45) is 0. The average molecular weight is 639 g/mol. The van der Waals surface area contributed by atoms with Gasteiger partial charge in [-0.2, -0.15) is 0 Å². The van der Waals surface area contributed by atoms with Gasteiger partial charge in [-0.1, -0.05) is 140 Å². The molecule has 9 aromatic rings. The Labute approximate surface area is 292 Å². The van der Waals surface area contributed by atoms with Gasteiger partial charge in [-0.15, -0.1) is 0 Å². The van der Waals surface area contributed by atoms with Crippen molar-refractivity contribution in [2.45, 2.75) is 0 Å². The zero-order valence-electron chi connectivity index (χ0n) is 27.5. The van der Waals surface area contributed by atoms with E-state index in [0.29, 0.717) is 0 Å². The first kappa shape index (κ1) is 29.5. The van der Waals surface area contributed by atoms with Gasteiger partial charge in [0.05, 0.1) is 11.0 Å². The second-order valence-electron chi connectivity index (χ2n) is 12.6. The Kier molecular flexibility index (Phi) is 7.53. The van der Waals surface area contributed by atoms with Gasteiger partial charge in [0.1, 0.15) is 0 Å². The van der Waals surface area contributed by atoms with Crippen molar-refractivity contribution >= 4 is 38.9 Å². The summed E-state index contributed by atoms with van der Waals surface area (Å²) in [6, 6.07) is 74.0. The van der Waals surface area contributed by atoms with Gasteiger partial charge in [-0.3, -0.25) is 0 Å². The Hall–Kier alpha value is -6.64. The molecule has 0 N–H and O–H groups in total. The number of hydrogen-bond donors (Lipinski definition) is 0. The minimum absolute atomic E-state index is 1.10. The maximum absolute atomic E-state index is 2.39. The zero-order valence-corrected chi connectivity index (χ0v) is 27.5. The van der Waals surface area contributed by atoms with Crippen LogP contribution < -0.4 is 4.90 Å². The quantitative estimate of drug-likeness (QED) is 0.169. The number of hydrogen-bond acceptors (Lipinski definition) is 1. The zero-order chi connectivity index (χ0) is 33.3. The van der Waals surface area contributed by atoms with Crippen molar-refractivity contribution in [1.82, 2.24) is 4.57 Å². The molecule has 236 valence electrons. The van der Waals surface area contributed by atoms with Crippen LogP contribution in [0.15, 0.2) is 206 Å². The van der Waals surface area contributed by atoms with E-state index in [4.69, 9.17) is 0 Å². The lowest BCUT2D eigenvalue weighted by atomic mass is 10.0. The molecule has 0 aliphatic rings. The van der Waals surface area contributed by atoms with Crippen LogP contribution in [0.5, 0.6) is 0 Å². The third kappa shape index (κ3) is 5.43. The van der Waals surface area contributed by atoms with Gasteiger partial charge in [0, 0.05) is 33.5 Å². The van der Waals surface area contributed by atoms with Crippen molar-refractivity contribution in [2.24, 2.45) is 0 Å². The van der Waals surface area contributed by atoms with E-state index in [1.165, 1.54) is 55.2 Å². The van der Waals surface area contributed by atoms with Crippen LogP contribution in [-0.4, -0.2) is 4.57 Å². The molecule has 0 fully saturated rings. The van der Waals surface area contributed by atoms with E-state index in [1.54, 1.807) is 0 Å². The third-order valence-corrected chi connectivity index (χ3v) is 9.61. The molecule has 9 rings (SSSR count). The van der Waals surface area contributed by atoms with E-state index in [0.717, 1.165) is 22.7 Å². The normalized spacial score (nSPS) is 11.2. The fraction of sp³-hybridized carbons (Fsp3) is 0. The summed E-state index contributed by atoms with van der Waals surface area (Å²) < 4.78 is 2.39. The highest BCUT2D eigenvalue weighted by molar-refractivity contribution is 6.10. The van der Waals surface area contributed by atoms with Crippen LogP contribution in [0.1, 0.15) is 0 Å². The summed E-state index contributed by atoms with van der Waals surface area (Å²) in [5.41, 5.74) is 14.1. The molecule has 1 heterocycles. The monoisotopic (exact) mass is 638 g/mol. The molecule has 0 unspecified atom stereocenters. The van der Waals surface area contributed by atoms with Crippen molar-refractivity contribution < 1.29 is 0 Å². The first-order valence-corrected chi connectivity index (χ1v) is 17.1. The van der Waals surface area contributed by atoms with Crippen molar-refractivity contribution in [3.63, 3.8) is 0 Å². The van der Waals surface area contributed by atoms with Gasteiger partial charge in [0.15, 0.2) is 0 Å². The predicted molar refractivity (Wildman–Crippen MR) is 212 cm³/mol. The molecule has 0 saturated carbocycles. The SMILES string of the molecule is c1ccc(-c2ccc(N(c3ccc(-c4ccccc4)cc3)c3ccc(-n4c5ccccc5c5cc(-c6ccccc6)ccc54)cc3)cc2)cc1. The topological polar surface area (TPSA) is 8.17 Å². The van der Waals surface area contributed by atoms with Crippen LogP contribution in [0.3, 0.4) is 0 Å². The van der Waals surface area contributed by atoms with Crippen molar-refractivity contribution in [2.75, 3.05) is 4.90 Å². The summed E-state index contributed by atoms with van der Waals surface area (Å²) in [4.78, 5) is 2.34. The van der Waals surface area contributed by atoms with E-state index < -0.39 is 0 Å². The molecule has 50 heavy (non-hydrogen) atoms. The maximum atomic E-state index is 2.39. The Bertz CT molecular complexity index is 2450. The Morgan fingerprint density at radius 3 is 1.18 bits per heavy atom. The molecule has 0 amide bonds. The van der Waals surface area contributed by atoms with E-state index in [1.807, 2.05) is 0 Å². The van der Waals surface area contributed by atoms with Crippen molar-refractivity contribution in [3.05, 3.63) is 206 Å². The lowest BCUT2D eigenvalue weighted by Gasteiger charge is -2.26. The van der Waals surface area contributed by atoms with Gasteiger partial charge in [0.2, 0.25) is 0 Å². The molecule has 0 saturated heterocycles. The Balaban J connectivity index is 1.13. The summed E-state index contributed by atoms with van der Waals surface area (Å²) in [6.45, 7) is 0.